The van der Waals surface area contributed by atoms with Gasteiger partial charge in [0.15, 0.2) is 0 Å². The Bertz CT molecular complexity index is 910. The van der Waals surface area contributed by atoms with Crippen molar-refractivity contribution >= 4 is 16.8 Å². The second kappa shape index (κ2) is 8.32. The molecule has 0 unspecified atom stereocenters. The smallest absolute Gasteiger partial charge is 0.251 e. The number of aromatic nitrogens is 1. The molecule has 150 valence electrons. The predicted octanol–water partition coefficient (Wildman–Crippen LogP) is 0.940. The number of nitrogens with two attached hydrogens (primary N) is 1. The van der Waals surface area contributed by atoms with Crippen LogP contribution in [0.3, 0.4) is 0 Å². The summed E-state index contributed by atoms with van der Waals surface area (Å²) in [5.41, 5.74) is 6.72. The minimum Gasteiger partial charge on any atom is -0.494 e. The van der Waals surface area contributed by atoms with E-state index < -0.39 is 0 Å². The summed E-state index contributed by atoms with van der Waals surface area (Å²) in [6.45, 7) is 3.78. The van der Waals surface area contributed by atoms with Gasteiger partial charge in [-0.25, -0.2) is 0 Å². The number of rotatable bonds is 1. The fourth-order valence-corrected chi connectivity index (χ4v) is 4.25. The molecular formula is C21H28N4O3. The zero-order valence-corrected chi connectivity index (χ0v) is 16.1. The van der Waals surface area contributed by atoms with Gasteiger partial charge in [0.25, 0.3) is 5.56 Å². The first-order valence-corrected chi connectivity index (χ1v) is 10.1. The molecule has 7 heteroatoms. The van der Waals surface area contributed by atoms with Gasteiger partial charge in [-0.1, -0.05) is 0 Å². The van der Waals surface area contributed by atoms with Crippen molar-refractivity contribution in [1.82, 2.24) is 14.8 Å². The first-order chi connectivity index (χ1) is 13.7. The highest BCUT2D eigenvalue weighted by molar-refractivity contribution is 5.82. The number of benzene rings is 1. The van der Waals surface area contributed by atoms with E-state index >= 15 is 0 Å². The summed E-state index contributed by atoms with van der Waals surface area (Å²) in [6, 6.07) is 9.17. The lowest BCUT2D eigenvalue weighted by Crippen LogP contribution is -2.45. The van der Waals surface area contributed by atoms with E-state index in [-0.39, 0.29) is 17.5 Å². The fourth-order valence-electron chi connectivity index (χ4n) is 4.25. The monoisotopic (exact) mass is 384 g/mol. The van der Waals surface area contributed by atoms with Crippen LogP contribution in [0.2, 0.25) is 0 Å². The molecule has 1 saturated heterocycles. The van der Waals surface area contributed by atoms with Gasteiger partial charge >= 0.3 is 0 Å². The molecule has 1 amide bonds. The van der Waals surface area contributed by atoms with Crippen LogP contribution in [0, 0.1) is 5.92 Å². The van der Waals surface area contributed by atoms with Crippen LogP contribution in [0.5, 0.6) is 5.75 Å². The zero-order chi connectivity index (χ0) is 19.5. The molecule has 1 aromatic heterocycles. The molecule has 1 fully saturated rings. The summed E-state index contributed by atoms with van der Waals surface area (Å²) in [7, 11) is 0. The molecule has 3 heterocycles. The summed E-state index contributed by atoms with van der Waals surface area (Å²) in [6.07, 6.45) is 2.51. The van der Waals surface area contributed by atoms with Crippen LogP contribution >= 0.6 is 0 Å². The number of hydrogen-bond acceptors (Lipinski definition) is 5. The first-order valence-electron chi connectivity index (χ1n) is 10.1. The van der Waals surface area contributed by atoms with Gasteiger partial charge in [0.1, 0.15) is 5.75 Å². The van der Waals surface area contributed by atoms with Crippen molar-refractivity contribution in [3.8, 4) is 5.75 Å². The molecule has 28 heavy (non-hydrogen) atoms. The van der Waals surface area contributed by atoms with Crippen LogP contribution in [0.1, 0.15) is 19.3 Å². The van der Waals surface area contributed by atoms with Crippen molar-refractivity contribution < 1.29 is 9.53 Å². The van der Waals surface area contributed by atoms with Crippen LogP contribution in [-0.4, -0.2) is 54.2 Å². The van der Waals surface area contributed by atoms with Crippen LogP contribution in [0.25, 0.3) is 10.9 Å². The molecule has 2 aliphatic rings. The third-order valence-corrected chi connectivity index (χ3v) is 5.84. The van der Waals surface area contributed by atoms with E-state index in [0.29, 0.717) is 38.7 Å². The Labute approximate surface area is 164 Å². The van der Waals surface area contributed by atoms with Crippen molar-refractivity contribution in [2.24, 2.45) is 11.7 Å². The lowest BCUT2D eigenvalue weighted by molar-refractivity contribution is -0.125. The fraction of sp³-hybridized carbons (Fsp3) is 0.524. The third kappa shape index (κ3) is 3.91. The number of hydrogen-bond donors (Lipinski definition) is 2. The summed E-state index contributed by atoms with van der Waals surface area (Å²) >= 11 is 0. The highest BCUT2D eigenvalue weighted by Gasteiger charge is 2.35. The number of amides is 1. The van der Waals surface area contributed by atoms with Crippen LogP contribution in [0.4, 0.5) is 0 Å². The van der Waals surface area contributed by atoms with E-state index in [1.807, 2.05) is 24.3 Å². The molecule has 3 N–H and O–H groups in total. The molecule has 1 aromatic carbocycles. The van der Waals surface area contributed by atoms with Gasteiger partial charge in [-0.3, -0.25) is 14.5 Å². The number of pyridine rings is 1. The number of fused-ring (bicyclic) bond motifs is 2. The number of nitrogens with zero attached hydrogens (tertiary/aromatic N) is 2. The highest BCUT2D eigenvalue weighted by atomic mass is 16.5. The molecule has 2 bridgehead atoms. The molecule has 2 atom stereocenters. The number of carbonyl (C=O) groups is 1. The standard InChI is InChI=1S/C21H28N4O3/c22-13-15-11-19-21(27)23-7-1-2-10-28-17-5-3-16-4-6-20(26)25(18(16)12-17)9-8-24(19)14-15/h3-6,12,15,19H,1-2,7-11,13-14,22H2,(H,23,27)/t15-,19-/m0/s1. The molecule has 2 aliphatic heterocycles. The molecule has 0 radical (unpaired) electrons. The van der Waals surface area contributed by atoms with Crippen LogP contribution in [0.15, 0.2) is 35.1 Å². The molecule has 0 spiro atoms. The van der Waals surface area contributed by atoms with Gasteiger partial charge in [0.2, 0.25) is 5.91 Å². The van der Waals surface area contributed by atoms with Crippen molar-refractivity contribution in [2.45, 2.75) is 31.8 Å². The minimum atomic E-state index is -0.170. The summed E-state index contributed by atoms with van der Waals surface area (Å²) < 4.78 is 7.64. The number of carbonyl (C=O) groups excluding carboxylic acids is 1. The maximum absolute atomic E-state index is 12.7. The predicted molar refractivity (Wildman–Crippen MR) is 108 cm³/mol. The highest BCUT2D eigenvalue weighted by Crippen LogP contribution is 2.24. The van der Waals surface area contributed by atoms with Crippen molar-refractivity contribution in [3.05, 3.63) is 40.7 Å². The Morgan fingerprint density at radius 3 is 2.86 bits per heavy atom. The summed E-state index contributed by atoms with van der Waals surface area (Å²) in [5.74, 6) is 1.16. The maximum atomic E-state index is 12.7. The zero-order valence-electron chi connectivity index (χ0n) is 16.1. The van der Waals surface area contributed by atoms with Crippen molar-refractivity contribution in [1.29, 1.82) is 0 Å². The Kier molecular flexibility index (Phi) is 5.64. The van der Waals surface area contributed by atoms with Gasteiger partial charge in [-0.15, -0.1) is 0 Å². The van der Waals surface area contributed by atoms with Gasteiger partial charge in [-0.05, 0) is 55.3 Å². The molecule has 7 nitrogen and oxygen atoms in total. The van der Waals surface area contributed by atoms with Crippen molar-refractivity contribution in [3.63, 3.8) is 0 Å². The lowest BCUT2D eigenvalue weighted by atomic mass is 10.1. The van der Waals surface area contributed by atoms with E-state index in [0.717, 1.165) is 42.5 Å². The van der Waals surface area contributed by atoms with E-state index in [1.54, 1.807) is 10.6 Å². The molecule has 4 rings (SSSR count). The Hall–Kier alpha value is -2.38. The minimum absolute atomic E-state index is 0.0375. The summed E-state index contributed by atoms with van der Waals surface area (Å²) in [4.78, 5) is 27.5. The average molecular weight is 384 g/mol. The Morgan fingerprint density at radius 2 is 2.00 bits per heavy atom. The van der Waals surface area contributed by atoms with Crippen molar-refractivity contribution in [2.75, 3.05) is 32.8 Å². The topological polar surface area (TPSA) is 89.6 Å². The van der Waals surface area contributed by atoms with E-state index in [1.165, 1.54) is 0 Å². The first kappa shape index (κ1) is 19.0. The van der Waals surface area contributed by atoms with E-state index in [4.69, 9.17) is 10.5 Å². The second-order valence-electron chi connectivity index (χ2n) is 7.74. The average Bonchev–Trinajstić information content (AvgIpc) is 3.12. The van der Waals surface area contributed by atoms with Gasteiger partial charge in [0, 0.05) is 38.3 Å². The van der Waals surface area contributed by atoms with E-state index in [9.17, 15) is 9.59 Å². The number of ether oxygens (including phenoxy) is 1. The Balaban J connectivity index is 1.67. The quantitative estimate of drug-likeness (QED) is 0.764. The third-order valence-electron chi connectivity index (χ3n) is 5.84. The second-order valence-corrected chi connectivity index (χ2v) is 7.74. The molecule has 0 saturated carbocycles. The van der Waals surface area contributed by atoms with Gasteiger partial charge in [-0.2, -0.15) is 0 Å². The normalized spacial score (nSPS) is 24.2. The maximum Gasteiger partial charge on any atom is 0.251 e. The SMILES string of the molecule is NC[C@@H]1C[C@H]2C(=O)NCCCCOc3ccc4ccc(=O)n(c4c3)CCN2C1. The molecule has 2 aromatic rings. The summed E-state index contributed by atoms with van der Waals surface area (Å²) in [5, 5.41) is 4.07. The van der Waals surface area contributed by atoms with Crippen LogP contribution < -0.4 is 21.3 Å². The lowest BCUT2D eigenvalue weighted by Gasteiger charge is -2.24. The van der Waals surface area contributed by atoms with E-state index in [2.05, 4.69) is 10.2 Å². The molecule has 0 aliphatic carbocycles. The number of nitrogens with one attached hydrogen (secondary N) is 1. The molecular weight excluding hydrogens is 356 g/mol. The van der Waals surface area contributed by atoms with Crippen LogP contribution in [-0.2, 0) is 11.3 Å². The van der Waals surface area contributed by atoms with Gasteiger partial charge in [0.05, 0.1) is 18.2 Å². The largest absolute Gasteiger partial charge is 0.494 e. The Morgan fingerprint density at radius 1 is 1.14 bits per heavy atom. The van der Waals surface area contributed by atoms with Gasteiger partial charge < -0.3 is 20.4 Å².